The van der Waals surface area contributed by atoms with Gasteiger partial charge in [-0.3, -0.25) is 9.79 Å². The van der Waals surface area contributed by atoms with Crippen LogP contribution in [-0.4, -0.2) is 23.5 Å². The highest BCUT2D eigenvalue weighted by atomic mass is 127. The molecule has 3 N–H and O–H groups in total. The van der Waals surface area contributed by atoms with Gasteiger partial charge in [0.25, 0.3) is 0 Å². The second-order valence-electron chi connectivity index (χ2n) is 6.45. The molecule has 0 unspecified atom stereocenters. The first-order chi connectivity index (χ1) is 12.8. The van der Waals surface area contributed by atoms with E-state index in [4.69, 9.17) is 23.2 Å². The summed E-state index contributed by atoms with van der Waals surface area (Å²) >= 11 is 12.1. The van der Waals surface area contributed by atoms with Gasteiger partial charge in [0.05, 0.1) is 11.6 Å². The van der Waals surface area contributed by atoms with Gasteiger partial charge in [-0.25, -0.2) is 0 Å². The van der Waals surface area contributed by atoms with Gasteiger partial charge in [0.2, 0.25) is 5.91 Å². The molecule has 0 atom stereocenters. The van der Waals surface area contributed by atoms with E-state index < -0.39 is 0 Å². The molecule has 2 rings (SSSR count). The Morgan fingerprint density at radius 2 is 1.75 bits per heavy atom. The standard InChI is InChI=1S/C19H25Cl2N5O.HI/c1-12(2)18(27)25-14-7-5-13(6-8-14)10-23-19(22-3)24-11-15-9-16(20)17(21)26(15)4;/h5-9,12H,10-11H2,1-4H3,(H,25,27)(H2,22,23,24);1H. The first-order valence-corrected chi connectivity index (χ1v) is 9.41. The van der Waals surface area contributed by atoms with Gasteiger partial charge in [0, 0.05) is 37.9 Å². The van der Waals surface area contributed by atoms with E-state index in [1.54, 1.807) is 7.05 Å². The van der Waals surface area contributed by atoms with Crippen LogP contribution in [0.5, 0.6) is 0 Å². The molecule has 2 aromatic rings. The highest BCUT2D eigenvalue weighted by Crippen LogP contribution is 2.24. The minimum Gasteiger partial charge on any atom is -0.352 e. The molecule has 1 amide bonds. The van der Waals surface area contributed by atoms with Gasteiger partial charge < -0.3 is 20.5 Å². The summed E-state index contributed by atoms with van der Waals surface area (Å²) in [7, 11) is 3.58. The Bertz CT molecular complexity index is 818. The Balaban J connectivity index is 0.00000392. The highest BCUT2D eigenvalue weighted by Gasteiger charge is 2.09. The van der Waals surface area contributed by atoms with E-state index in [1.807, 2.05) is 55.8 Å². The normalized spacial score (nSPS) is 11.2. The van der Waals surface area contributed by atoms with Crippen LogP contribution in [0.1, 0.15) is 25.1 Å². The van der Waals surface area contributed by atoms with Crippen molar-refractivity contribution in [3.63, 3.8) is 0 Å². The topological polar surface area (TPSA) is 70.4 Å². The van der Waals surface area contributed by atoms with E-state index in [0.29, 0.717) is 29.2 Å². The molecule has 1 aromatic heterocycles. The lowest BCUT2D eigenvalue weighted by Crippen LogP contribution is -2.36. The van der Waals surface area contributed by atoms with E-state index in [2.05, 4.69) is 20.9 Å². The first kappa shape index (κ1) is 24.6. The molecule has 0 aliphatic carbocycles. The number of benzene rings is 1. The maximum atomic E-state index is 11.7. The summed E-state index contributed by atoms with van der Waals surface area (Å²) in [5, 5.41) is 10.4. The van der Waals surface area contributed by atoms with Crippen molar-refractivity contribution >= 4 is 64.7 Å². The number of amides is 1. The average Bonchev–Trinajstić information content (AvgIpc) is 2.90. The maximum Gasteiger partial charge on any atom is 0.226 e. The zero-order chi connectivity index (χ0) is 20.0. The number of halogens is 3. The van der Waals surface area contributed by atoms with Crippen molar-refractivity contribution in [2.75, 3.05) is 12.4 Å². The van der Waals surface area contributed by atoms with E-state index in [0.717, 1.165) is 16.9 Å². The van der Waals surface area contributed by atoms with Crippen molar-refractivity contribution < 1.29 is 4.79 Å². The number of hydrogen-bond acceptors (Lipinski definition) is 2. The summed E-state index contributed by atoms with van der Waals surface area (Å²) in [6.45, 7) is 4.88. The van der Waals surface area contributed by atoms with Crippen LogP contribution in [-0.2, 0) is 24.9 Å². The quantitative estimate of drug-likeness (QED) is 0.290. The summed E-state index contributed by atoms with van der Waals surface area (Å²) < 4.78 is 1.83. The monoisotopic (exact) mass is 537 g/mol. The van der Waals surface area contributed by atoms with Crippen molar-refractivity contribution in [2.45, 2.75) is 26.9 Å². The van der Waals surface area contributed by atoms with Gasteiger partial charge in [-0.1, -0.05) is 49.2 Å². The fourth-order valence-corrected chi connectivity index (χ4v) is 2.75. The molecule has 154 valence electrons. The predicted octanol–water partition coefficient (Wildman–Crippen LogP) is 4.41. The predicted molar refractivity (Wildman–Crippen MR) is 128 cm³/mol. The number of anilines is 1. The fourth-order valence-electron chi connectivity index (χ4n) is 2.33. The summed E-state index contributed by atoms with van der Waals surface area (Å²) in [5.41, 5.74) is 2.82. The average molecular weight is 538 g/mol. The molecule has 0 radical (unpaired) electrons. The molecule has 1 aromatic carbocycles. The number of carbonyl (C=O) groups is 1. The molecule has 6 nitrogen and oxygen atoms in total. The van der Waals surface area contributed by atoms with Crippen LogP contribution in [0.3, 0.4) is 0 Å². The van der Waals surface area contributed by atoms with Gasteiger partial charge >= 0.3 is 0 Å². The summed E-state index contributed by atoms with van der Waals surface area (Å²) in [6.07, 6.45) is 0. The minimum absolute atomic E-state index is 0. The van der Waals surface area contributed by atoms with Crippen molar-refractivity contribution in [3.8, 4) is 0 Å². The molecular weight excluding hydrogens is 512 g/mol. The molecule has 1 heterocycles. The Morgan fingerprint density at radius 1 is 1.14 bits per heavy atom. The molecule has 9 heteroatoms. The third-order valence-electron chi connectivity index (χ3n) is 4.08. The second-order valence-corrected chi connectivity index (χ2v) is 7.22. The lowest BCUT2D eigenvalue weighted by Gasteiger charge is -2.13. The van der Waals surface area contributed by atoms with Crippen LogP contribution in [0.25, 0.3) is 0 Å². The van der Waals surface area contributed by atoms with E-state index in [1.165, 1.54) is 0 Å². The number of rotatable bonds is 6. The smallest absolute Gasteiger partial charge is 0.226 e. The Labute approximate surface area is 193 Å². The number of hydrogen-bond donors (Lipinski definition) is 3. The third-order valence-corrected chi connectivity index (χ3v) is 4.92. The van der Waals surface area contributed by atoms with Crippen molar-refractivity contribution in [1.29, 1.82) is 0 Å². The van der Waals surface area contributed by atoms with Gasteiger partial charge in [-0.05, 0) is 23.8 Å². The van der Waals surface area contributed by atoms with Crippen LogP contribution >= 0.6 is 47.2 Å². The molecule has 0 saturated heterocycles. The largest absolute Gasteiger partial charge is 0.352 e. The van der Waals surface area contributed by atoms with Gasteiger partial charge in [-0.2, -0.15) is 0 Å². The maximum absolute atomic E-state index is 11.7. The molecule has 0 spiro atoms. The minimum atomic E-state index is -0.0465. The lowest BCUT2D eigenvalue weighted by atomic mass is 10.1. The molecule has 0 aliphatic rings. The van der Waals surface area contributed by atoms with E-state index in [9.17, 15) is 4.79 Å². The SMILES string of the molecule is CN=C(NCc1ccc(NC(=O)C(C)C)cc1)NCc1cc(Cl)c(Cl)n1C.I. The van der Waals surface area contributed by atoms with Crippen molar-refractivity contribution in [3.05, 3.63) is 51.8 Å². The van der Waals surface area contributed by atoms with E-state index >= 15 is 0 Å². The molecule has 0 bridgehead atoms. The van der Waals surface area contributed by atoms with Gasteiger partial charge in [0.1, 0.15) is 5.15 Å². The number of aromatic nitrogens is 1. The van der Waals surface area contributed by atoms with Crippen molar-refractivity contribution in [2.24, 2.45) is 18.0 Å². The van der Waals surface area contributed by atoms with Crippen LogP contribution in [0.4, 0.5) is 5.69 Å². The molecule has 0 saturated carbocycles. The summed E-state index contributed by atoms with van der Waals surface area (Å²) in [6, 6.07) is 9.54. The Morgan fingerprint density at radius 3 is 2.25 bits per heavy atom. The summed E-state index contributed by atoms with van der Waals surface area (Å²) in [4.78, 5) is 15.9. The van der Waals surface area contributed by atoms with Gasteiger partial charge in [-0.15, -0.1) is 24.0 Å². The fraction of sp³-hybridized carbons (Fsp3) is 0.368. The lowest BCUT2D eigenvalue weighted by molar-refractivity contribution is -0.118. The Hall–Kier alpha value is -1.45. The first-order valence-electron chi connectivity index (χ1n) is 8.65. The highest BCUT2D eigenvalue weighted by molar-refractivity contribution is 14.0. The zero-order valence-electron chi connectivity index (χ0n) is 16.3. The molecular formula is C19H26Cl2IN5O. The van der Waals surface area contributed by atoms with Crippen molar-refractivity contribution in [1.82, 2.24) is 15.2 Å². The number of carbonyl (C=O) groups excluding carboxylic acids is 1. The van der Waals surface area contributed by atoms with Gasteiger partial charge in [0.15, 0.2) is 5.96 Å². The molecule has 0 aliphatic heterocycles. The van der Waals surface area contributed by atoms with Crippen LogP contribution in [0.15, 0.2) is 35.3 Å². The van der Waals surface area contributed by atoms with Crippen LogP contribution < -0.4 is 16.0 Å². The number of guanidine groups is 1. The number of nitrogens with zero attached hydrogens (tertiary/aromatic N) is 2. The van der Waals surface area contributed by atoms with Crippen LogP contribution in [0, 0.1) is 5.92 Å². The Kier molecular flexibility index (Phi) is 10.1. The number of aliphatic imine (C=N–C) groups is 1. The zero-order valence-corrected chi connectivity index (χ0v) is 20.2. The third kappa shape index (κ3) is 6.86. The second kappa shape index (κ2) is 11.5. The summed E-state index contributed by atoms with van der Waals surface area (Å²) in [5.74, 6) is 0.627. The number of nitrogens with one attached hydrogen (secondary N) is 3. The molecule has 0 fully saturated rings. The molecule has 28 heavy (non-hydrogen) atoms. The van der Waals surface area contributed by atoms with Crippen LogP contribution in [0.2, 0.25) is 10.2 Å². The van der Waals surface area contributed by atoms with E-state index in [-0.39, 0.29) is 35.8 Å².